The average molecular weight is 398 g/mol. The number of rotatable bonds is 3. The molecule has 0 aliphatic carbocycles. The van der Waals surface area contributed by atoms with Gasteiger partial charge in [0.05, 0.1) is 23.1 Å². The Morgan fingerprint density at radius 1 is 1.61 bits per heavy atom. The van der Waals surface area contributed by atoms with Crippen LogP contribution in [0.25, 0.3) is 17.0 Å². The van der Waals surface area contributed by atoms with Crippen molar-refractivity contribution in [2.45, 2.75) is 0 Å². The number of carboxylic acids is 1. The largest absolute Gasteiger partial charge is 0.476 e. The molecule has 0 amide bonds. The van der Waals surface area contributed by atoms with Gasteiger partial charge >= 0.3 is 5.97 Å². The molecule has 8 heteroatoms. The van der Waals surface area contributed by atoms with Gasteiger partial charge in [-0.2, -0.15) is 9.49 Å². The summed E-state index contributed by atoms with van der Waals surface area (Å²) in [6.07, 6.45) is 2.91. The monoisotopic (exact) mass is 398 g/mol. The van der Waals surface area contributed by atoms with Crippen molar-refractivity contribution in [1.82, 2.24) is 9.55 Å². The molecule has 0 spiro atoms. The second-order valence-electron chi connectivity index (χ2n) is 3.34. The van der Waals surface area contributed by atoms with Gasteiger partial charge in [-0.1, -0.05) is 23.7 Å². The Balaban J connectivity index is 2.63. The SMILES string of the molecule is O=C(O)/C(F)=C/c1ccc2cnn(PI)c2c1Cl. The first kappa shape index (κ1) is 13.7. The third-order valence-corrected chi connectivity index (χ3v) is 4.54. The maximum atomic E-state index is 13.1. The number of aliphatic carboxylic acids is 1. The molecule has 2 rings (SSSR count). The van der Waals surface area contributed by atoms with Crippen molar-refractivity contribution in [1.29, 1.82) is 0 Å². The van der Waals surface area contributed by atoms with E-state index in [1.165, 1.54) is 0 Å². The predicted molar refractivity (Wildman–Crippen MR) is 79.2 cm³/mol. The molecule has 0 aliphatic rings. The predicted octanol–water partition coefficient (Wildman–Crippen LogP) is 3.88. The van der Waals surface area contributed by atoms with Gasteiger partial charge in [-0.15, -0.1) is 0 Å². The Bertz CT molecular complexity index is 659. The lowest BCUT2D eigenvalue weighted by molar-refractivity contribution is -0.134. The molecular formula is C10H6ClFIN2O2P. The van der Waals surface area contributed by atoms with Crippen molar-refractivity contribution in [3.63, 3.8) is 0 Å². The molecule has 0 saturated carbocycles. The second kappa shape index (κ2) is 5.50. The van der Waals surface area contributed by atoms with Gasteiger partial charge in [0.2, 0.25) is 5.83 Å². The highest BCUT2D eigenvalue weighted by molar-refractivity contribution is 14.2. The smallest absolute Gasteiger partial charge is 0.364 e. The van der Waals surface area contributed by atoms with E-state index in [0.717, 1.165) is 11.5 Å². The van der Waals surface area contributed by atoms with E-state index >= 15 is 0 Å². The number of hydrogen-bond donors (Lipinski definition) is 1. The minimum absolute atomic E-state index is 0.297. The summed E-state index contributed by atoms with van der Waals surface area (Å²) in [7, 11) is 0. The molecule has 0 radical (unpaired) electrons. The number of fused-ring (bicyclic) bond motifs is 1. The van der Waals surface area contributed by atoms with Gasteiger partial charge in [0.25, 0.3) is 0 Å². The normalized spacial score (nSPS) is 12.7. The van der Waals surface area contributed by atoms with Crippen molar-refractivity contribution >= 4 is 63.0 Å². The number of aromatic nitrogens is 2. The highest BCUT2D eigenvalue weighted by Crippen LogP contribution is 2.34. The molecule has 2 aromatic rings. The minimum atomic E-state index is -1.62. The van der Waals surface area contributed by atoms with Crippen LogP contribution in [0, 0.1) is 0 Å². The number of nitrogens with zero attached hydrogens (tertiary/aromatic N) is 2. The van der Waals surface area contributed by atoms with Gasteiger partial charge in [-0.25, -0.2) is 9.25 Å². The zero-order valence-electron chi connectivity index (χ0n) is 8.69. The average Bonchev–Trinajstić information content (AvgIpc) is 2.76. The van der Waals surface area contributed by atoms with Crippen molar-refractivity contribution in [3.8, 4) is 0 Å². The summed E-state index contributed by atoms with van der Waals surface area (Å²) in [6.45, 7) is 0. The van der Waals surface area contributed by atoms with Crippen LogP contribution in [-0.2, 0) is 4.79 Å². The van der Waals surface area contributed by atoms with Crippen LogP contribution in [0.1, 0.15) is 5.56 Å². The number of benzene rings is 1. The van der Waals surface area contributed by atoms with E-state index in [2.05, 4.69) is 27.1 Å². The van der Waals surface area contributed by atoms with Gasteiger partial charge in [0, 0.05) is 5.39 Å². The fourth-order valence-electron chi connectivity index (χ4n) is 1.47. The summed E-state index contributed by atoms with van der Waals surface area (Å²) in [5.41, 5.74) is 0.997. The molecule has 0 fully saturated rings. The lowest BCUT2D eigenvalue weighted by atomic mass is 10.1. The summed E-state index contributed by atoms with van der Waals surface area (Å²) in [5.74, 6) is -2.87. The highest BCUT2D eigenvalue weighted by Gasteiger charge is 2.12. The summed E-state index contributed by atoms with van der Waals surface area (Å²) in [5, 5.41) is 13.8. The molecule has 1 unspecified atom stereocenters. The maximum absolute atomic E-state index is 13.1. The Hall–Kier alpha value is -0.720. The van der Waals surface area contributed by atoms with Crippen LogP contribution in [0.2, 0.25) is 5.02 Å². The minimum Gasteiger partial charge on any atom is -0.476 e. The maximum Gasteiger partial charge on any atom is 0.364 e. The molecule has 1 aromatic heterocycles. The Kier molecular flexibility index (Phi) is 4.19. The van der Waals surface area contributed by atoms with Gasteiger partial charge in [0.1, 0.15) is 0 Å². The highest BCUT2D eigenvalue weighted by atomic mass is 127. The van der Waals surface area contributed by atoms with Gasteiger partial charge < -0.3 is 5.11 Å². The van der Waals surface area contributed by atoms with Crippen LogP contribution in [0.4, 0.5) is 4.39 Å². The first-order valence-electron chi connectivity index (χ1n) is 4.68. The standard InChI is InChI=1S/C10H6ClFIN2O2P/c11-8-5(3-7(12)10(16)17)1-2-6-4-14-15(18-13)9(6)8/h1-4,18H,(H,16,17)/b7-3-. The van der Waals surface area contributed by atoms with E-state index < -0.39 is 11.8 Å². The van der Waals surface area contributed by atoms with Crippen molar-refractivity contribution in [2.75, 3.05) is 0 Å². The molecule has 18 heavy (non-hydrogen) atoms. The van der Waals surface area contributed by atoms with Gasteiger partial charge in [-0.05, 0) is 33.7 Å². The van der Waals surface area contributed by atoms with E-state index in [1.54, 1.807) is 22.8 Å². The molecule has 1 heterocycles. The Labute approximate surface area is 121 Å². The zero-order chi connectivity index (χ0) is 13.3. The zero-order valence-corrected chi connectivity index (χ0v) is 12.6. The Morgan fingerprint density at radius 3 is 2.94 bits per heavy atom. The van der Waals surface area contributed by atoms with E-state index in [-0.39, 0.29) is 0 Å². The van der Waals surface area contributed by atoms with Crippen molar-refractivity contribution < 1.29 is 14.3 Å². The van der Waals surface area contributed by atoms with Crippen LogP contribution in [0.15, 0.2) is 24.2 Å². The number of carbonyl (C=O) groups is 1. The van der Waals surface area contributed by atoms with E-state index in [4.69, 9.17) is 16.7 Å². The molecule has 94 valence electrons. The fraction of sp³-hybridized carbons (Fsp3) is 0. The molecule has 0 aliphatic heterocycles. The quantitative estimate of drug-likeness (QED) is 0.485. The lowest BCUT2D eigenvalue weighted by Gasteiger charge is -2.03. The topological polar surface area (TPSA) is 55.1 Å². The van der Waals surface area contributed by atoms with E-state index in [1.807, 2.05) is 0 Å². The molecule has 1 aromatic carbocycles. The fourth-order valence-corrected chi connectivity index (χ4v) is 3.37. The van der Waals surface area contributed by atoms with Crippen LogP contribution < -0.4 is 0 Å². The number of halogens is 3. The lowest BCUT2D eigenvalue weighted by Crippen LogP contribution is -1.94. The molecule has 0 bridgehead atoms. The molecule has 4 nitrogen and oxygen atoms in total. The van der Waals surface area contributed by atoms with Gasteiger partial charge in [0.15, 0.2) is 0 Å². The number of carboxylic acid groups (broad SMARTS) is 1. The molecule has 1 atom stereocenters. The van der Waals surface area contributed by atoms with Crippen LogP contribution in [0.3, 0.4) is 0 Å². The number of hydrogen-bond acceptors (Lipinski definition) is 2. The molecular weight excluding hydrogens is 392 g/mol. The third kappa shape index (κ3) is 2.50. The van der Waals surface area contributed by atoms with Crippen LogP contribution in [-0.4, -0.2) is 20.6 Å². The van der Waals surface area contributed by atoms with E-state index in [9.17, 15) is 9.18 Å². The van der Waals surface area contributed by atoms with Crippen LogP contribution in [0.5, 0.6) is 0 Å². The molecule has 0 saturated heterocycles. The van der Waals surface area contributed by atoms with Crippen molar-refractivity contribution in [3.05, 3.63) is 34.7 Å². The Morgan fingerprint density at radius 2 is 2.33 bits per heavy atom. The first-order valence-corrected chi connectivity index (χ1v) is 9.12. The summed E-state index contributed by atoms with van der Waals surface area (Å²) < 4.78 is 14.8. The molecule has 1 N–H and O–H groups in total. The second-order valence-corrected chi connectivity index (χ2v) is 5.76. The third-order valence-electron chi connectivity index (χ3n) is 2.27. The van der Waals surface area contributed by atoms with Crippen LogP contribution >= 0.6 is 40.0 Å². The van der Waals surface area contributed by atoms with E-state index in [0.29, 0.717) is 22.5 Å². The van der Waals surface area contributed by atoms with Gasteiger partial charge in [-0.3, -0.25) is 0 Å². The summed E-state index contributed by atoms with van der Waals surface area (Å²) in [4.78, 5) is 10.4. The summed E-state index contributed by atoms with van der Waals surface area (Å²) >= 11 is 8.30. The van der Waals surface area contributed by atoms with Crippen molar-refractivity contribution in [2.24, 2.45) is 0 Å². The summed E-state index contributed by atoms with van der Waals surface area (Å²) in [6, 6.07) is 3.29. The first-order chi connectivity index (χ1) is 8.54.